The maximum atomic E-state index is 4.55. The summed E-state index contributed by atoms with van der Waals surface area (Å²) in [6, 6.07) is 6.72. The van der Waals surface area contributed by atoms with E-state index in [2.05, 4.69) is 36.3 Å². The third kappa shape index (κ3) is 3.32. The number of pyridine rings is 1. The van der Waals surface area contributed by atoms with Crippen molar-refractivity contribution in [1.82, 2.24) is 10.3 Å². The molecule has 1 saturated carbocycles. The molecular formula is C16H26N2. The van der Waals surface area contributed by atoms with E-state index >= 15 is 0 Å². The van der Waals surface area contributed by atoms with Crippen molar-refractivity contribution < 1.29 is 0 Å². The molecule has 1 aliphatic rings. The highest BCUT2D eigenvalue weighted by molar-refractivity contribution is 5.10. The van der Waals surface area contributed by atoms with Crippen LogP contribution in [-0.4, -0.2) is 11.5 Å². The molecule has 1 aliphatic carbocycles. The Kier molecular flexibility index (Phi) is 5.18. The van der Waals surface area contributed by atoms with E-state index < -0.39 is 0 Å². The van der Waals surface area contributed by atoms with Gasteiger partial charge in [0.1, 0.15) is 0 Å². The number of nitrogens with one attached hydrogen (secondary N) is 1. The second-order valence-electron chi connectivity index (χ2n) is 5.48. The Bertz CT molecular complexity index is 328. The molecule has 2 nitrogen and oxygen atoms in total. The summed E-state index contributed by atoms with van der Waals surface area (Å²) >= 11 is 0. The van der Waals surface area contributed by atoms with Gasteiger partial charge in [-0.3, -0.25) is 4.98 Å². The van der Waals surface area contributed by atoms with Crippen molar-refractivity contribution in [2.24, 2.45) is 11.8 Å². The lowest BCUT2D eigenvalue weighted by molar-refractivity contribution is 0.218. The minimum Gasteiger partial charge on any atom is -0.309 e. The van der Waals surface area contributed by atoms with Crippen molar-refractivity contribution >= 4 is 0 Å². The molecule has 1 fully saturated rings. The first kappa shape index (κ1) is 13.5. The average Bonchev–Trinajstić information content (AvgIpc) is 2.46. The first-order chi connectivity index (χ1) is 8.85. The van der Waals surface area contributed by atoms with E-state index in [0.717, 1.165) is 18.4 Å². The fourth-order valence-electron chi connectivity index (χ4n) is 3.22. The minimum absolute atomic E-state index is 0.453. The van der Waals surface area contributed by atoms with Gasteiger partial charge in [0.15, 0.2) is 0 Å². The summed E-state index contributed by atoms with van der Waals surface area (Å²) in [5, 5.41) is 3.64. The van der Waals surface area contributed by atoms with Crippen molar-refractivity contribution in [3.63, 3.8) is 0 Å². The maximum absolute atomic E-state index is 4.55. The maximum Gasteiger partial charge on any atom is 0.0576 e. The topological polar surface area (TPSA) is 24.9 Å². The lowest BCUT2D eigenvalue weighted by Gasteiger charge is -2.33. The summed E-state index contributed by atoms with van der Waals surface area (Å²) in [6.07, 6.45) is 8.77. The van der Waals surface area contributed by atoms with Gasteiger partial charge in [-0.2, -0.15) is 0 Å². The van der Waals surface area contributed by atoms with Crippen LogP contribution in [-0.2, 0) is 0 Å². The fourth-order valence-corrected chi connectivity index (χ4v) is 3.22. The van der Waals surface area contributed by atoms with Gasteiger partial charge in [0.05, 0.1) is 11.7 Å². The van der Waals surface area contributed by atoms with Crippen molar-refractivity contribution in [3.05, 3.63) is 30.1 Å². The van der Waals surface area contributed by atoms with Crippen LogP contribution in [0.5, 0.6) is 0 Å². The van der Waals surface area contributed by atoms with Crippen molar-refractivity contribution in [2.45, 2.75) is 52.0 Å². The third-order valence-electron chi connectivity index (χ3n) is 4.37. The van der Waals surface area contributed by atoms with Crippen LogP contribution in [0.2, 0.25) is 0 Å². The summed E-state index contributed by atoms with van der Waals surface area (Å²) in [5.74, 6) is 1.73. The molecular weight excluding hydrogens is 220 g/mol. The van der Waals surface area contributed by atoms with Gasteiger partial charge >= 0.3 is 0 Å². The van der Waals surface area contributed by atoms with Gasteiger partial charge in [-0.1, -0.05) is 39.2 Å². The molecule has 0 bridgehead atoms. The molecule has 0 aromatic carbocycles. The normalized spacial score (nSPS) is 25.9. The highest BCUT2D eigenvalue weighted by Crippen LogP contribution is 2.37. The standard InChI is InChI=1S/C16H26N2/c1-3-13-8-10-14(11-9-13)16(17-4-2)15-7-5-6-12-18-15/h5-7,12-14,16-17H,3-4,8-11H2,1-2H3. The van der Waals surface area contributed by atoms with Crippen LogP contribution in [0.3, 0.4) is 0 Å². The highest BCUT2D eigenvalue weighted by atomic mass is 14.9. The molecule has 2 rings (SSSR count). The predicted octanol–water partition coefficient (Wildman–Crippen LogP) is 3.95. The van der Waals surface area contributed by atoms with Crippen LogP contribution in [0, 0.1) is 11.8 Å². The summed E-state index contributed by atoms with van der Waals surface area (Å²) in [4.78, 5) is 4.55. The SMILES string of the molecule is CCNC(c1ccccn1)C1CCC(CC)CC1. The first-order valence-corrected chi connectivity index (χ1v) is 7.49. The molecule has 1 atom stereocenters. The Balaban J connectivity index is 2.02. The largest absolute Gasteiger partial charge is 0.309 e. The van der Waals surface area contributed by atoms with Gasteiger partial charge in [-0.15, -0.1) is 0 Å². The smallest absolute Gasteiger partial charge is 0.0576 e. The number of aromatic nitrogens is 1. The molecule has 0 radical (unpaired) electrons. The average molecular weight is 246 g/mol. The lowest BCUT2D eigenvalue weighted by atomic mass is 9.77. The summed E-state index contributed by atoms with van der Waals surface area (Å²) in [7, 11) is 0. The molecule has 1 N–H and O–H groups in total. The van der Waals surface area contributed by atoms with Crippen LogP contribution in [0.4, 0.5) is 0 Å². The molecule has 1 unspecified atom stereocenters. The van der Waals surface area contributed by atoms with Gasteiger partial charge in [0.25, 0.3) is 0 Å². The van der Waals surface area contributed by atoms with E-state index in [1.165, 1.54) is 37.8 Å². The zero-order valence-corrected chi connectivity index (χ0v) is 11.7. The third-order valence-corrected chi connectivity index (χ3v) is 4.37. The van der Waals surface area contributed by atoms with E-state index in [4.69, 9.17) is 0 Å². The molecule has 0 spiro atoms. The van der Waals surface area contributed by atoms with Gasteiger partial charge < -0.3 is 5.32 Å². The molecule has 2 heteroatoms. The van der Waals surface area contributed by atoms with E-state index in [9.17, 15) is 0 Å². The summed E-state index contributed by atoms with van der Waals surface area (Å²) < 4.78 is 0. The Morgan fingerprint density at radius 1 is 1.22 bits per heavy atom. The van der Waals surface area contributed by atoms with Gasteiger partial charge in [0, 0.05) is 6.20 Å². The van der Waals surface area contributed by atoms with Crippen molar-refractivity contribution in [3.8, 4) is 0 Å². The summed E-state index contributed by atoms with van der Waals surface area (Å²) in [5.41, 5.74) is 1.22. The zero-order valence-electron chi connectivity index (χ0n) is 11.7. The number of hydrogen-bond donors (Lipinski definition) is 1. The second kappa shape index (κ2) is 6.89. The fraction of sp³-hybridized carbons (Fsp3) is 0.688. The lowest BCUT2D eigenvalue weighted by Crippen LogP contribution is -2.31. The molecule has 0 aliphatic heterocycles. The van der Waals surface area contributed by atoms with Gasteiger partial charge in [-0.25, -0.2) is 0 Å². The van der Waals surface area contributed by atoms with E-state index in [0.29, 0.717) is 6.04 Å². The van der Waals surface area contributed by atoms with E-state index in [1.54, 1.807) is 0 Å². The number of nitrogens with zero attached hydrogens (tertiary/aromatic N) is 1. The van der Waals surface area contributed by atoms with Crippen molar-refractivity contribution in [2.75, 3.05) is 6.54 Å². The number of rotatable bonds is 5. The van der Waals surface area contributed by atoms with Crippen LogP contribution in [0.15, 0.2) is 24.4 Å². The molecule has 0 amide bonds. The van der Waals surface area contributed by atoms with Crippen LogP contribution >= 0.6 is 0 Å². The van der Waals surface area contributed by atoms with Crippen LogP contribution < -0.4 is 5.32 Å². The Morgan fingerprint density at radius 2 is 2.00 bits per heavy atom. The molecule has 18 heavy (non-hydrogen) atoms. The highest BCUT2D eigenvalue weighted by Gasteiger charge is 2.28. The van der Waals surface area contributed by atoms with E-state index in [-0.39, 0.29) is 0 Å². The Labute approximate surface area is 111 Å². The van der Waals surface area contributed by atoms with Gasteiger partial charge in [0.2, 0.25) is 0 Å². The molecule has 100 valence electrons. The molecule has 0 saturated heterocycles. The number of hydrogen-bond acceptors (Lipinski definition) is 2. The Morgan fingerprint density at radius 3 is 2.56 bits per heavy atom. The first-order valence-electron chi connectivity index (χ1n) is 7.49. The molecule has 1 heterocycles. The van der Waals surface area contributed by atoms with Gasteiger partial charge in [-0.05, 0) is 43.4 Å². The second-order valence-corrected chi connectivity index (χ2v) is 5.48. The molecule has 1 aromatic rings. The zero-order chi connectivity index (χ0) is 12.8. The minimum atomic E-state index is 0.453. The predicted molar refractivity (Wildman–Crippen MR) is 76.4 cm³/mol. The quantitative estimate of drug-likeness (QED) is 0.851. The molecule has 1 aromatic heterocycles. The van der Waals surface area contributed by atoms with Crippen LogP contribution in [0.25, 0.3) is 0 Å². The van der Waals surface area contributed by atoms with Crippen molar-refractivity contribution in [1.29, 1.82) is 0 Å². The van der Waals surface area contributed by atoms with E-state index in [1.807, 2.05) is 12.3 Å². The monoisotopic (exact) mass is 246 g/mol. The van der Waals surface area contributed by atoms with Crippen LogP contribution in [0.1, 0.15) is 57.7 Å². The Hall–Kier alpha value is -0.890. The summed E-state index contributed by atoms with van der Waals surface area (Å²) in [6.45, 7) is 5.54.